The molecule has 0 spiro atoms. The lowest BCUT2D eigenvalue weighted by molar-refractivity contribution is 0.121. The van der Waals surface area contributed by atoms with E-state index in [1.165, 1.54) is 5.57 Å². The summed E-state index contributed by atoms with van der Waals surface area (Å²) in [6.07, 6.45) is 7.01. The van der Waals surface area contributed by atoms with Crippen LogP contribution in [0.5, 0.6) is 0 Å². The molecule has 0 N–H and O–H groups in total. The third-order valence-electron chi connectivity index (χ3n) is 2.43. The monoisotopic (exact) mass is 226 g/mol. The van der Waals surface area contributed by atoms with Gasteiger partial charge in [0.05, 0.1) is 6.61 Å². The number of rotatable bonds is 4. The standard InChI is InChI=1S/C13H19FO2/c1-11(2)13(16-10-14)7-6-12-5-3-4-8-15-9-12/h6-7H,1,3-5,8-10H2,2H3/b12-6-,13-7+. The third-order valence-corrected chi connectivity index (χ3v) is 2.43. The lowest BCUT2D eigenvalue weighted by atomic mass is 10.1. The average Bonchev–Trinajstić information content (AvgIpc) is 2.52. The van der Waals surface area contributed by atoms with Gasteiger partial charge in [0.2, 0.25) is 6.86 Å². The molecular weight excluding hydrogens is 207 g/mol. The Morgan fingerprint density at radius 2 is 2.38 bits per heavy atom. The molecule has 2 nitrogen and oxygen atoms in total. The van der Waals surface area contributed by atoms with Crippen LogP contribution >= 0.6 is 0 Å². The van der Waals surface area contributed by atoms with E-state index < -0.39 is 6.86 Å². The number of ether oxygens (including phenoxy) is 2. The molecule has 0 atom stereocenters. The molecule has 16 heavy (non-hydrogen) atoms. The van der Waals surface area contributed by atoms with Crippen molar-refractivity contribution in [2.24, 2.45) is 0 Å². The van der Waals surface area contributed by atoms with Crippen LogP contribution < -0.4 is 0 Å². The van der Waals surface area contributed by atoms with E-state index in [9.17, 15) is 4.39 Å². The van der Waals surface area contributed by atoms with Crippen LogP contribution in [0.3, 0.4) is 0 Å². The molecule has 0 aromatic heterocycles. The van der Waals surface area contributed by atoms with Gasteiger partial charge in [0, 0.05) is 6.61 Å². The molecule has 0 bridgehead atoms. The second-order valence-corrected chi connectivity index (χ2v) is 3.90. The molecule has 1 aliphatic heterocycles. The van der Waals surface area contributed by atoms with Crippen molar-refractivity contribution in [2.75, 3.05) is 20.1 Å². The van der Waals surface area contributed by atoms with E-state index in [1.807, 2.05) is 6.08 Å². The zero-order chi connectivity index (χ0) is 11.8. The number of hydrogen-bond donors (Lipinski definition) is 0. The van der Waals surface area contributed by atoms with Crippen molar-refractivity contribution in [1.82, 2.24) is 0 Å². The first kappa shape index (κ1) is 13.0. The number of allylic oxidation sites excluding steroid dienone is 3. The molecule has 0 radical (unpaired) electrons. The van der Waals surface area contributed by atoms with E-state index in [1.54, 1.807) is 13.0 Å². The normalized spacial score (nSPS) is 20.6. The average molecular weight is 226 g/mol. The van der Waals surface area contributed by atoms with Gasteiger partial charge in [0.1, 0.15) is 5.76 Å². The van der Waals surface area contributed by atoms with Crippen LogP contribution in [0.4, 0.5) is 4.39 Å². The van der Waals surface area contributed by atoms with E-state index in [0.717, 1.165) is 31.4 Å². The highest BCUT2D eigenvalue weighted by atomic mass is 19.1. The first-order valence-corrected chi connectivity index (χ1v) is 5.56. The second-order valence-electron chi connectivity index (χ2n) is 3.90. The van der Waals surface area contributed by atoms with Gasteiger partial charge in [-0.25, -0.2) is 4.39 Å². The largest absolute Gasteiger partial charge is 0.463 e. The summed E-state index contributed by atoms with van der Waals surface area (Å²) >= 11 is 0. The summed E-state index contributed by atoms with van der Waals surface area (Å²) in [6.45, 7) is 6.20. The van der Waals surface area contributed by atoms with Crippen LogP contribution in [-0.4, -0.2) is 20.1 Å². The van der Waals surface area contributed by atoms with Gasteiger partial charge in [-0.05, 0) is 43.4 Å². The molecule has 0 unspecified atom stereocenters. The topological polar surface area (TPSA) is 18.5 Å². The molecule has 0 saturated carbocycles. The van der Waals surface area contributed by atoms with E-state index in [4.69, 9.17) is 9.47 Å². The summed E-state index contributed by atoms with van der Waals surface area (Å²) in [5.41, 5.74) is 1.95. The summed E-state index contributed by atoms with van der Waals surface area (Å²) in [5, 5.41) is 0. The number of alkyl halides is 1. The Hall–Kier alpha value is -1.09. The molecule has 3 heteroatoms. The molecule has 0 aromatic carbocycles. The minimum Gasteiger partial charge on any atom is -0.463 e. The molecular formula is C13H19FO2. The van der Waals surface area contributed by atoms with Crippen molar-refractivity contribution < 1.29 is 13.9 Å². The quantitative estimate of drug-likeness (QED) is 0.539. The van der Waals surface area contributed by atoms with Gasteiger partial charge in [0.15, 0.2) is 0 Å². The Morgan fingerprint density at radius 3 is 3.06 bits per heavy atom. The lowest BCUT2D eigenvalue weighted by Crippen LogP contribution is -1.95. The molecule has 1 fully saturated rings. The zero-order valence-corrected chi connectivity index (χ0v) is 9.80. The Morgan fingerprint density at radius 1 is 1.56 bits per heavy atom. The molecule has 0 aromatic rings. The first-order valence-electron chi connectivity index (χ1n) is 5.56. The minimum atomic E-state index is -0.821. The maximum absolute atomic E-state index is 12.1. The van der Waals surface area contributed by atoms with Gasteiger partial charge in [-0.3, -0.25) is 0 Å². The third kappa shape index (κ3) is 4.62. The summed E-state index contributed by atoms with van der Waals surface area (Å²) in [4.78, 5) is 0. The van der Waals surface area contributed by atoms with Gasteiger partial charge in [-0.1, -0.05) is 12.7 Å². The zero-order valence-electron chi connectivity index (χ0n) is 9.80. The highest BCUT2D eigenvalue weighted by Gasteiger charge is 2.04. The number of halogens is 1. The first-order chi connectivity index (χ1) is 7.74. The maximum Gasteiger partial charge on any atom is 0.228 e. The lowest BCUT2D eigenvalue weighted by Gasteiger charge is -2.06. The fourth-order valence-corrected chi connectivity index (χ4v) is 1.53. The molecule has 1 heterocycles. The summed E-state index contributed by atoms with van der Waals surface area (Å²) < 4.78 is 22.3. The van der Waals surface area contributed by atoms with E-state index in [-0.39, 0.29) is 0 Å². The maximum atomic E-state index is 12.1. The van der Waals surface area contributed by atoms with Crippen molar-refractivity contribution in [1.29, 1.82) is 0 Å². The minimum absolute atomic E-state index is 0.499. The van der Waals surface area contributed by atoms with Crippen LogP contribution in [0, 0.1) is 0 Å². The molecule has 1 rings (SSSR count). The Balaban J connectivity index is 2.64. The van der Waals surface area contributed by atoms with Crippen molar-refractivity contribution in [3.63, 3.8) is 0 Å². The molecule has 90 valence electrons. The van der Waals surface area contributed by atoms with Crippen LogP contribution in [0.15, 0.2) is 35.6 Å². The molecule has 1 saturated heterocycles. The van der Waals surface area contributed by atoms with Gasteiger partial charge < -0.3 is 9.47 Å². The van der Waals surface area contributed by atoms with Crippen molar-refractivity contribution >= 4 is 0 Å². The van der Waals surface area contributed by atoms with E-state index >= 15 is 0 Å². The van der Waals surface area contributed by atoms with Gasteiger partial charge >= 0.3 is 0 Å². The van der Waals surface area contributed by atoms with Crippen molar-refractivity contribution in [3.05, 3.63) is 35.6 Å². The van der Waals surface area contributed by atoms with E-state index in [2.05, 4.69) is 6.58 Å². The summed E-state index contributed by atoms with van der Waals surface area (Å²) in [6, 6.07) is 0. The molecule has 0 amide bonds. The van der Waals surface area contributed by atoms with Crippen LogP contribution in [0.1, 0.15) is 26.2 Å². The number of hydrogen-bond acceptors (Lipinski definition) is 2. The SMILES string of the molecule is C=C(C)/C(=C\C=C1\CCCCOC1)OCF. The Kier molecular flexibility index (Phi) is 5.86. The van der Waals surface area contributed by atoms with E-state index in [0.29, 0.717) is 12.4 Å². The van der Waals surface area contributed by atoms with Crippen molar-refractivity contribution in [2.45, 2.75) is 26.2 Å². The Bertz CT molecular complexity index is 282. The fourth-order valence-electron chi connectivity index (χ4n) is 1.53. The molecule has 0 aliphatic carbocycles. The predicted octanol–water partition coefficient (Wildman–Crippen LogP) is 3.52. The van der Waals surface area contributed by atoms with Crippen LogP contribution in [0.25, 0.3) is 0 Å². The predicted molar refractivity (Wildman–Crippen MR) is 62.7 cm³/mol. The van der Waals surface area contributed by atoms with Gasteiger partial charge in [-0.2, -0.15) is 0 Å². The van der Waals surface area contributed by atoms with Crippen molar-refractivity contribution in [3.8, 4) is 0 Å². The smallest absolute Gasteiger partial charge is 0.228 e. The highest BCUT2D eigenvalue weighted by Crippen LogP contribution is 2.15. The highest BCUT2D eigenvalue weighted by molar-refractivity contribution is 5.26. The van der Waals surface area contributed by atoms with Crippen LogP contribution in [0.2, 0.25) is 0 Å². The van der Waals surface area contributed by atoms with Crippen LogP contribution in [-0.2, 0) is 9.47 Å². The Labute approximate surface area is 96.4 Å². The van der Waals surface area contributed by atoms with Gasteiger partial charge in [0.25, 0.3) is 0 Å². The second kappa shape index (κ2) is 7.23. The summed E-state index contributed by atoms with van der Waals surface area (Å²) in [7, 11) is 0. The summed E-state index contributed by atoms with van der Waals surface area (Å²) in [5.74, 6) is 0.499. The molecule has 1 aliphatic rings. The fraction of sp³-hybridized carbons (Fsp3) is 0.538. The van der Waals surface area contributed by atoms with Gasteiger partial charge in [-0.15, -0.1) is 0 Å².